The first-order valence-electron chi connectivity index (χ1n) is 12.2. The number of benzene rings is 1. The van der Waals surface area contributed by atoms with Crippen LogP contribution in [0.1, 0.15) is 101 Å². The minimum absolute atomic E-state index is 0.0973. The summed E-state index contributed by atoms with van der Waals surface area (Å²) in [5.74, 6) is -0.193. The Bertz CT molecular complexity index is 687. The molecule has 0 unspecified atom stereocenters. The van der Waals surface area contributed by atoms with Crippen molar-refractivity contribution in [3.8, 4) is 5.75 Å². The molecule has 0 spiro atoms. The second-order valence-corrected chi connectivity index (χ2v) is 9.49. The first kappa shape index (κ1) is 23.2. The second kappa shape index (κ2) is 11.2. The molecule has 2 aliphatic rings. The Morgan fingerprint density at radius 2 is 1.53 bits per heavy atom. The lowest BCUT2D eigenvalue weighted by Gasteiger charge is -2.37. The van der Waals surface area contributed by atoms with E-state index in [-0.39, 0.29) is 23.0 Å². The molecule has 4 heteroatoms. The molecule has 2 nitrogen and oxygen atoms in total. The van der Waals surface area contributed by atoms with Crippen molar-refractivity contribution in [2.24, 2.45) is 23.7 Å². The lowest BCUT2D eigenvalue weighted by atomic mass is 9.68. The fourth-order valence-corrected chi connectivity index (χ4v) is 5.59. The van der Waals surface area contributed by atoms with E-state index < -0.39 is 11.6 Å². The van der Waals surface area contributed by atoms with E-state index in [0.717, 1.165) is 50.4 Å². The van der Waals surface area contributed by atoms with Crippen LogP contribution in [0.2, 0.25) is 0 Å². The lowest BCUT2D eigenvalue weighted by molar-refractivity contribution is 0.0823. The van der Waals surface area contributed by atoms with Gasteiger partial charge in [0.1, 0.15) is 0 Å². The summed E-state index contributed by atoms with van der Waals surface area (Å²) >= 11 is 0. The van der Waals surface area contributed by atoms with Gasteiger partial charge in [0.25, 0.3) is 0 Å². The maximum atomic E-state index is 14.6. The van der Waals surface area contributed by atoms with Crippen LogP contribution in [0.4, 0.5) is 8.78 Å². The van der Waals surface area contributed by atoms with Crippen LogP contribution >= 0.6 is 0 Å². The molecule has 0 amide bonds. The van der Waals surface area contributed by atoms with Gasteiger partial charge >= 0.3 is 0 Å². The van der Waals surface area contributed by atoms with Gasteiger partial charge in [0.2, 0.25) is 5.82 Å². The van der Waals surface area contributed by atoms with Gasteiger partial charge < -0.3 is 4.74 Å². The average Bonchev–Trinajstić information content (AvgIpc) is 2.77. The topological polar surface area (TPSA) is 26.3 Å². The molecule has 0 bridgehead atoms. The molecule has 2 saturated carbocycles. The van der Waals surface area contributed by atoms with Crippen molar-refractivity contribution in [1.82, 2.24) is 0 Å². The Balaban J connectivity index is 1.53. The number of hydrogen-bond acceptors (Lipinski definition) is 2. The Hall–Kier alpha value is -1.45. The Morgan fingerprint density at radius 3 is 2.13 bits per heavy atom. The van der Waals surface area contributed by atoms with Gasteiger partial charge in [0, 0.05) is 5.92 Å². The van der Waals surface area contributed by atoms with Crippen molar-refractivity contribution in [3.63, 3.8) is 0 Å². The molecule has 3 rings (SSSR count). The minimum atomic E-state index is -1.05. The highest BCUT2D eigenvalue weighted by Crippen LogP contribution is 2.43. The molecule has 1 aromatic carbocycles. The zero-order valence-corrected chi connectivity index (χ0v) is 18.7. The molecule has 2 fully saturated rings. The highest BCUT2D eigenvalue weighted by molar-refractivity contribution is 5.98. The predicted octanol–water partition coefficient (Wildman–Crippen LogP) is 7.74. The van der Waals surface area contributed by atoms with E-state index in [0.29, 0.717) is 12.5 Å². The molecular weight excluding hydrogens is 382 g/mol. The Labute approximate surface area is 180 Å². The van der Waals surface area contributed by atoms with Crippen molar-refractivity contribution in [2.45, 2.75) is 90.9 Å². The number of halogens is 2. The summed E-state index contributed by atoms with van der Waals surface area (Å²) in [7, 11) is 0. The van der Waals surface area contributed by atoms with Crippen LogP contribution in [0.15, 0.2) is 12.1 Å². The van der Waals surface area contributed by atoms with Gasteiger partial charge in [0.05, 0.1) is 12.2 Å². The van der Waals surface area contributed by atoms with Gasteiger partial charge in [0.15, 0.2) is 17.3 Å². The SMILES string of the molecule is CCCCOc1ccc(C(=O)C2CCC(C3CCC(CCC)CC3)CC2)c(F)c1F. The zero-order chi connectivity index (χ0) is 21.5. The number of carbonyl (C=O) groups excluding carboxylic acids is 1. The van der Waals surface area contributed by atoms with E-state index in [1.54, 1.807) is 0 Å². The summed E-state index contributed by atoms with van der Waals surface area (Å²) in [4.78, 5) is 12.9. The first-order valence-corrected chi connectivity index (χ1v) is 12.2. The number of rotatable bonds is 9. The highest BCUT2D eigenvalue weighted by Gasteiger charge is 2.34. The molecular formula is C26H38F2O2. The molecule has 0 radical (unpaired) electrons. The molecule has 168 valence electrons. The first-order chi connectivity index (χ1) is 14.5. The van der Waals surface area contributed by atoms with Gasteiger partial charge in [-0.3, -0.25) is 4.79 Å². The fourth-order valence-electron chi connectivity index (χ4n) is 5.59. The third-order valence-corrected chi connectivity index (χ3v) is 7.47. The van der Waals surface area contributed by atoms with E-state index in [9.17, 15) is 13.6 Å². The molecule has 0 aromatic heterocycles. The van der Waals surface area contributed by atoms with Crippen molar-refractivity contribution in [3.05, 3.63) is 29.3 Å². The number of unbranched alkanes of at least 4 members (excludes halogenated alkanes) is 1. The summed E-state index contributed by atoms with van der Waals surface area (Å²) in [5.41, 5.74) is -0.112. The van der Waals surface area contributed by atoms with Crippen LogP contribution in [-0.4, -0.2) is 12.4 Å². The van der Waals surface area contributed by atoms with Gasteiger partial charge in [-0.25, -0.2) is 4.39 Å². The largest absolute Gasteiger partial charge is 0.490 e. The number of hydrogen-bond donors (Lipinski definition) is 0. The van der Waals surface area contributed by atoms with E-state index in [2.05, 4.69) is 6.92 Å². The second-order valence-electron chi connectivity index (χ2n) is 9.49. The van der Waals surface area contributed by atoms with Gasteiger partial charge in [-0.1, -0.05) is 46.0 Å². The maximum Gasteiger partial charge on any atom is 0.201 e. The van der Waals surface area contributed by atoms with Crippen LogP contribution in [0.25, 0.3) is 0 Å². The molecule has 0 atom stereocenters. The van der Waals surface area contributed by atoms with Crippen LogP contribution < -0.4 is 4.74 Å². The minimum Gasteiger partial charge on any atom is -0.490 e. The molecule has 2 aliphatic carbocycles. The third-order valence-electron chi connectivity index (χ3n) is 7.47. The van der Waals surface area contributed by atoms with Gasteiger partial charge in [-0.2, -0.15) is 4.39 Å². The molecule has 0 aliphatic heterocycles. The maximum absolute atomic E-state index is 14.6. The molecule has 0 N–H and O–H groups in total. The highest BCUT2D eigenvalue weighted by atomic mass is 19.2. The van der Waals surface area contributed by atoms with Gasteiger partial charge in [-0.05, 0) is 74.8 Å². The summed E-state index contributed by atoms with van der Waals surface area (Å²) in [5, 5.41) is 0. The molecule has 30 heavy (non-hydrogen) atoms. The predicted molar refractivity (Wildman–Crippen MR) is 117 cm³/mol. The Kier molecular flexibility index (Phi) is 8.71. The van der Waals surface area contributed by atoms with Crippen molar-refractivity contribution < 1.29 is 18.3 Å². The number of ketones is 1. The molecule has 0 heterocycles. The van der Waals surface area contributed by atoms with E-state index in [4.69, 9.17) is 4.74 Å². The normalized spacial score (nSPS) is 27.1. The Morgan fingerprint density at radius 1 is 0.900 bits per heavy atom. The van der Waals surface area contributed by atoms with E-state index in [1.807, 2.05) is 6.92 Å². The molecule has 0 saturated heterocycles. The van der Waals surface area contributed by atoms with Crippen LogP contribution in [0.3, 0.4) is 0 Å². The summed E-state index contributed by atoms with van der Waals surface area (Å²) in [6.45, 7) is 4.63. The lowest BCUT2D eigenvalue weighted by Crippen LogP contribution is -2.28. The number of ether oxygens (including phenoxy) is 1. The smallest absolute Gasteiger partial charge is 0.201 e. The summed E-state index contributed by atoms with van der Waals surface area (Å²) in [6, 6.07) is 2.81. The average molecular weight is 421 g/mol. The summed E-state index contributed by atoms with van der Waals surface area (Å²) < 4.78 is 34.2. The van der Waals surface area contributed by atoms with Crippen LogP contribution in [0.5, 0.6) is 5.75 Å². The fraction of sp³-hybridized carbons (Fsp3) is 0.731. The standard InChI is InChI=1S/C26H38F2O2/c1-3-5-17-30-23-16-15-22(24(27)25(23)28)26(29)21-13-11-20(12-14-21)19-9-7-18(6-4-2)8-10-19/h15-16,18-21H,3-14,17H2,1-2H3. The van der Waals surface area contributed by atoms with Crippen LogP contribution in [0, 0.1) is 35.3 Å². The van der Waals surface area contributed by atoms with E-state index in [1.165, 1.54) is 50.7 Å². The third kappa shape index (κ3) is 5.62. The van der Waals surface area contributed by atoms with Crippen molar-refractivity contribution in [2.75, 3.05) is 6.61 Å². The number of carbonyl (C=O) groups is 1. The van der Waals surface area contributed by atoms with E-state index >= 15 is 0 Å². The van der Waals surface area contributed by atoms with Crippen molar-refractivity contribution >= 4 is 5.78 Å². The van der Waals surface area contributed by atoms with Gasteiger partial charge in [-0.15, -0.1) is 0 Å². The van der Waals surface area contributed by atoms with Crippen molar-refractivity contribution in [1.29, 1.82) is 0 Å². The zero-order valence-electron chi connectivity index (χ0n) is 18.7. The quantitative estimate of drug-likeness (QED) is 0.302. The summed E-state index contributed by atoms with van der Waals surface area (Å²) in [6.07, 6.45) is 13.4. The molecule has 1 aromatic rings. The van der Waals surface area contributed by atoms with Crippen LogP contribution in [-0.2, 0) is 0 Å². The monoisotopic (exact) mass is 420 g/mol. The number of Topliss-reactive ketones (excluding diaryl/α,β-unsaturated/α-hetero) is 1.